The first-order valence-electron chi connectivity index (χ1n) is 5.68. The minimum atomic E-state index is -3.55. The smallest absolute Gasteiger partial charge is 0.246 e. The summed E-state index contributed by atoms with van der Waals surface area (Å²) in [5.74, 6) is 0. The molecule has 17 heavy (non-hydrogen) atoms. The van der Waals surface area contributed by atoms with E-state index in [1.54, 1.807) is 0 Å². The molecule has 2 unspecified atom stereocenters. The van der Waals surface area contributed by atoms with Crippen LogP contribution in [0.1, 0.15) is 25.7 Å². The third-order valence-electron chi connectivity index (χ3n) is 3.31. The molecule has 96 valence electrons. The van der Waals surface area contributed by atoms with Crippen LogP contribution in [0.25, 0.3) is 0 Å². The topological polar surface area (TPSA) is 86.3 Å². The molecule has 1 aliphatic carbocycles. The number of aliphatic hydroxyl groups excluding tert-OH is 1. The van der Waals surface area contributed by atoms with Crippen molar-refractivity contribution in [3.8, 4) is 0 Å². The van der Waals surface area contributed by atoms with Crippen LogP contribution in [-0.4, -0.2) is 47.2 Å². The molecule has 2 atom stereocenters. The van der Waals surface area contributed by atoms with Crippen molar-refractivity contribution in [1.29, 1.82) is 0 Å². The highest BCUT2D eigenvalue weighted by atomic mass is 32.2. The zero-order chi connectivity index (χ0) is 12.5. The number of likely N-dealkylation sites (N-methyl/N-ethyl adjacent to an activating group) is 1. The number of sulfonamides is 1. The van der Waals surface area contributed by atoms with Crippen molar-refractivity contribution in [2.75, 3.05) is 7.05 Å². The first-order chi connectivity index (χ1) is 8.03. The van der Waals surface area contributed by atoms with Gasteiger partial charge in [0, 0.05) is 13.2 Å². The number of rotatable bonds is 3. The Kier molecular flexibility index (Phi) is 3.50. The summed E-state index contributed by atoms with van der Waals surface area (Å²) in [5, 5.41) is 16.0. The van der Waals surface area contributed by atoms with Crippen molar-refractivity contribution in [2.24, 2.45) is 0 Å². The predicted molar refractivity (Wildman–Crippen MR) is 61.8 cm³/mol. The van der Waals surface area contributed by atoms with E-state index >= 15 is 0 Å². The Hall–Kier alpha value is -0.920. The summed E-state index contributed by atoms with van der Waals surface area (Å²) < 4.78 is 25.7. The fourth-order valence-corrected chi connectivity index (χ4v) is 3.56. The monoisotopic (exact) mass is 259 g/mol. The second-order valence-corrected chi connectivity index (χ2v) is 6.37. The molecule has 0 saturated heterocycles. The lowest BCUT2D eigenvalue weighted by Gasteiger charge is -2.34. The summed E-state index contributed by atoms with van der Waals surface area (Å²) in [7, 11) is -2.03. The number of aliphatic hydroxyl groups is 1. The number of hydrogen-bond donors (Lipinski definition) is 2. The number of hydrogen-bond acceptors (Lipinski definition) is 4. The molecule has 1 aromatic heterocycles. The number of nitrogens with zero attached hydrogens (tertiary/aromatic N) is 2. The quantitative estimate of drug-likeness (QED) is 0.819. The highest BCUT2D eigenvalue weighted by molar-refractivity contribution is 7.89. The van der Waals surface area contributed by atoms with E-state index in [0.29, 0.717) is 12.8 Å². The largest absolute Gasteiger partial charge is 0.391 e. The van der Waals surface area contributed by atoms with E-state index in [-0.39, 0.29) is 10.9 Å². The van der Waals surface area contributed by atoms with Gasteiger partial charge in [0.2, 0.25) is 10.0 Å². The van der Waals surface area contributed by atoms with E-state index < -0.39 is 16.1 Å². The summed E-state index contributed by atoms with van der Waals surface area (Å²) in [5.41, 5.74) is 0. The fourth-order valence-electron chi connectivity index (χ4n) is 2.24. The second-order valence-electron chi connectivity index (χ2n) is 4.37. The highest BCUT2D eigenvalue weighted by Crippen LogP contribution is 2.26. The summed E-state index contributed by atoms with van der Waals surface area (Å²) in [4.78, 5) is 0.137. The average Bonchev–Trinajstić information content (AvgIpc) is 2.83. The molecule has 0 amide bonds. The van der Waals surface area contributed by atoms with Gasteiger partial charge in [0.05, 0.1) is 18.3 Å². The zero-order valence-corrected chi connectivity index (χ0v) is 10.5. The average molecular weight is 259 g/mol. The molecular formula is C10H17N3O3S. The number of aromatic nitrogens is 2. The van der Waals surface area contributed by atoms with Crippen LogP contribution in [0.4, 0.5) is 0 Å². The third-order valence-corrected chi connectivity index (χ3v) is 5.16. The van der Waals surface area contributed by atoms with Gasteiger partial charge in [-0.15, -0.1) is 0 Å². The van der Waals surface area contributed by atoms with Crippen molar-refractivity contribution >= 4 is 10.0 Å². The van der Waals surface area contributed by atoms with E-state index in [2.05, 4.69) is 10.2 Å². The van der Waals surface area contributed by atoms with Crippen LogP contribution in [0.5, 0.6) is 0 Å². The molecule has 0 radical (unpaired) electrons. The molecule has 0 aliphatic heterocycles. The maximum atomic E-state index is 12.2. The standard InChI is InChI=1S/C10H17N3O3S/c1-13(9-4-2-3-5-10(9)14)17(15,16)8-6-11-12-7-8/h6-7,9-10,14H,2-5H2,1H3,(H,11,12). The molecule has 2 rings (SSSR count). The van der Waals surface area contributed by atoms with E-state index in [1.807, 2.05) is 0 Å². The molecule has 0 aromatic carbocycles. The van der Waals surface area contributed by atoms with Crippen LogP contribution >= 0.6 is 0 Å². The maximum Gasteiger partial charge on any atom is 0.246 e. The van der Waals surface area contributed by atoms with Crippen molar-refractivity contribution in [3.63, 3.8) is 0 Å². The Morgan fingerprint density at radius 2 is 2.18 bits per heavy atom. The summed E-state index contributed by atoms with van der Waals surface area (Å²) in [6, 6.07) is -0.330. The minimum Gasteiger partial charge on any atom is -0.391 e. The van der Waals surface area contributed by atoms with Gasteiger partial charge in [0.1, 0.15) is 4.90 Å². The van der Waals surface area contributed by atoms with Gasteiger partial charge in [-0.25, -0.2) is 8.42 Å². The Balaban J connectivity index is 2.22. The zero-order valence-electron chi connectivity index (χ0n) is 9.70. The molecule has 1 fully saturated rings. The molecule has 2 N–H and O–H groups in total. The molecule has 1 aliphatic rings. The summed E-state index contributed by atoms with van der Waals surface area (Å²) in [6.07, 6.45) is 5.33. The van der Waals surface area contributed by atoms with Gasteiger partial charge >= 0.3 is 0 Å². The van der Waals surface area contributed by atoms with Crippen LogP contribution < -0.4 is 0 Å². The number of H-pyrrole nitrogens is 1. The Labute approximate surface area is 101 Å². The van der Waals surface area contributed by atoms with Gasteiger partial charge in [-0.3, -0.25) is 5.10 Å². The normalized spacial score (nSPS) is 26.3. The van der Waals surface area contributed by atoms with E-state index in [4.69, 9.17) is 0 Å². The van der Waals surface area contributed by atoms with Crippen LogP contribution in [0.15, 0.2) is 17.3 Å². The van der Waals surface area contributed by atoms with Crippen LogP contribution in [0, 0.1) is 0 Å². The van der Waals surface area contributed by atoms with Crippen molar-refractivity contribution < 1.29 is 13.5 Å². The first kappa shape index (κ1) is 12.5. The van der Waals surface area contributed by atoms with Crippen LogP contribution in [0.3, 0.4) is 0 Å². The third kappa shape index (κ3) is 2.36. The molecule has 1 aromatic rings. The van der Waals surface area contributed by atoms with Gasteiger partial charge in [-0.1, -0.05) is 12.8 Å². The molecular weight excluding hydrogens is 242 g/mol. The van der Waals surface area contributed by atoms with Gasteiger partial charge in [-0.2, -0.15) is 9.40 Å². The molecule has 1 heterocycles. The fraction of sp³-hybridized carbons (Fsp3) is 0.700. The van der Waals surface area contributed by atoms with E-state index in [0.717, 1.165) is 12.8 Å². The van der Waals surface area contributed by atoms with Crippen molar-refractivity contribution in [1.82, 2.24) is 14.5 Å². The van der Waals surface area contributed by atoms with Crippen LogP contribution in [0.2, 0.25) is 0 Å². The second kappa shape index (κ2) is 4.75. The van der Waals surface area contributed by atoms with Gasteiger partial charge in [0.25, 0.3) is 0 Å². The number of nitrogens with one attached hydrogen (secondary N) is 1. The van der Waals surface area contributed by atoms with Crippen LogP contribution in [-0.2, 0) is 10.0 Å². The molecule has 6 nitrogen and oxygen atoms in total. The Morgan fingerprint density at radius 3 is 2.76 bits per heavy atom. The molecule has 1 saturated carbocycles. The lowest BCUT2D eigenvalue weighted by molar-refractivity contribution is 0.0638. The van der Waals surface area contributed by atoms with E-state index in [1.165, 1.54) is 23.7 Å². The highest BCUT2D eigenvalue weighted by Gasteiger charge is 2.34. The Bertz CT molecular complexity index is 457. The summed E-state index contributed by atoms with van der Waals surface area (Å²) in [6.45, 7) is 0. The first-order valence-corrected chi connectivity index (χ1v) is 7.12. The molecule has 0 bridgehead atoms. The maximum absolute atomic E-state index is 12.2. The number of aromatic amines is 1. The van der Waals surface area contributed by atoms with Gasteiger partial charge < -0.3 is 5.11 Å². The van der Waals surface area contributed by atoms with Gasteiger partial charge in [0.15, 0.2) is 0 Å². The van der Waals surface area contributed by atoms with Gasteiger partial charge in [-0.05, 0) is 12.8 Å². The Morgan fingerprint density at radius 1 is 1.47 bits per heavy atom. The molecule has 0 spiro atoms. The van der Waals surface area contributed by atoms with Crippen molar-refractivity contribution in [2.45, 2.75) is 42.7 Å². The molecule has 7 heteroatoms. The van der Waals surface area contributed by atoms with Crippen molar-refractivity contribution in [3.05, 3.63) is 12.4 Å². The predicted octanol–water partition coefficient (Wildman–Crippen LogP) is 0.334. The summed E-state index contributed by atoms with van der Waals surface area (Å²) >= 11 is 0. The lowest BCUT2D eigenvalue weighted by atomic mass is 9.93. The van der Waals surface area contributed by atoms with E-state index in [9.17, 15) is 13.5 Å². The minimum absolute atomic E-state index is 0.137. The SMILES string of the molecule is CN(C1CCCCC1O)S(=O)(=O)c1cn[nH]c1. The lowest BCUT2D eigenvalue weighted by Crippen LogP contribution is -2.46.